The fourth-order valence-electron chi connectivity index (χ4n) is 9.53. The van der Waals surface area contributed by atoms with Crippen molar-refractivity contribution < 1.29 is 8.78 Å². The van der Waals surface area contributed by atoms with E-state index in [9.17, 15) is 0 Å². The molecule has 3 aliphatic rings. The maximum Gasteiger partial charge on any atom is 0.208 e. The predicted octanol–water partition coefficient (Wildman–Crippen LogP) is 10.2. The predicted molar refractivity (Wildman–Crippen MR) is 249 cm³/mol. The maximum atomic E-state index is 15.4. The summed E-state index contributed by atoms with van der Waals surface area (Å²) in [6.45, 7) is 26.0. The number of nitrogens with zero attached hydrogens (tertiary/aromatic N) is 6. The number of nitrogens with two attached hydrogens (primary N) is 1. The van der Waals surface area contributed by atoms with Gasteiger partial charge < -0.3 is 30.7 Å². The number of rotatable bonds is 7. The second-order valence-corrected chi connectivity index (χ2v) is 17.5. The molecule has 4 N–H and O–H groups in total. The van der Waals surface area contributed by atoms with Gasteiger partial charge in [-0.1, -0.05) is 45.7 Å². The first-order valence-electron chi connectivity index (χ1n) is 21.9. The van der Waals surface area contributed by atoms with Crippen molar-refractivity contribution in [3.63, 3.8) is 0 Å². The molecule has 11 heteroatoms. The zero-order chi connectivity index (χ0) is 43.5. The number of fused-ring (bicyclic) bond motifs is 5. The van der Waals surface area contributed by atoms with Gasteiger partial charge in [0.2, 0.25) is 5.95 Å². The molecule has 0 saturated carbocycles. The summed E-state index contributed by atoms with van der Waals surface area (Å²) in [5.41, 5.74) is 17.5. The molecule has 2 saturated heterocycles. The van der Waals surface area contributed by atoms with Gasteiger partial charge in [0.1, 0.15) is 11.6 Å². The van der Waals surface area contributed by atoms with Crippen LogP contribution in [0.15, 0.2) is 91.4 Å². The minimum Gasteiger partial charge on any atom is -0.404 e. The van der Waals surface area contributed by atoms with E-state index in [1.165, 1.54) is 12.1 Å². The van der Waals surface area contributed by atoms with Crippen LogP contribution in [0.3, 0.4) is 0 Å². The molecule has 2 fully saturated rings. The number of hydrogen-bond donors (Lipinski definition) is 3. The largest absolute Gasteiger partial charge is 0.404 e. The summed E-state index contributed by atoms with van der Waals surface area (Å²) in [5.74, 6) is -0.252. The summed E-state index contributed by atoms with van der Waals surface area (Å²) in [6.07, 6.45) is 9.33. The van der Waals surface area contributed by atoms with Crippen molar-refractivity contribution in [2.45, 2.75) is 103 Å². The number of benzene rings is 2. The summed E-state index contributed by atoms with van der Waals surface area (Å²) in [4.78, 5) is 19.3. The van der Waals surface area contributed by atoms with E-state index in [0.29, 0.717) is 48.5 Å². The summed E-state index contributed by atoms with van der Waals surface area (Å²) < 4.78 is 33.1. The van der Waals surface area contributed by atoms with Crippen LogP contribution in [0.4, 0.5) is 14.7 Å². The molecule has 2 aromatic heterocycles. The third-order valence-corrected chi connectivity index (χ3v) is 13.2. The minimum atomic E-state index is -0.499. The van der Waals surface area contributed by atoms with Crippen molar-refractivity contribution in [1.82, 2.24) is 29.7 Å². The van der Waals surface area contributed by atoms with Crippen LogP contribution >= 0.6 is 0 Å². The van der Waals surface area contributed by atoms with E-state index in [-0.39, 0.29) is 5.56 Å². The van der Waals surface area contributed by atoms with Gasteiger partial charge in [0.05, 0.1) is 16.7 Å². The number of anilines is 1. The van der Waals surface area contributed by atoms with Crippen LogP contribution in [0.2, 0.25) is 0 Å². The van der Waals surface area contributed by atoms with Crippen molar-refractivity contribution in [1.29, 1.82) is 0 Å². The van der Waals surface area contributed by atoms with Gasteiger partial charge in [-0.25, -0.2) is 13.8 Å². The quantitative estimate of drug-likeness (QED) is 0.171. The second-order valence-electron chi connectivity index (χ2n) is 17.5. The number of nitrogens with one attached hydrogen (secondary N) is 2. The molecular formula is C50H63F2N9. The number of allylic oxidation sites excluding steroid dienone is 3. The smallest absolute Gasteiger partial charge is 0.208 e. The normalized spacial score (nSPS) is 23.3. The molecule has 2 aromatic carbocycles. The van der Waals surface area contributed by atoms with Gasteiger partial charge in [-0.05, 0) is 119 Å². The number of aryl methyl sites for hydroxylation is 1. The van der Waals surface area contributed by atoms with E-state index < -0.39 is 17.6 Å². The fourth-order valence-corrected chi connectivity index (χ4v) is 9.53. The Morgan fingerprint density at radius 2 is 1.77 bits per heavy atom. The number of aromatic nitrogens is 3. The standard InChI is InChI=1S/C50H63F2N9/c1-30-12-10-11-13-45(54-8)42(28-53)47-26-39(22-32(3)56-47)34(5)57-50-58-46-17-15-38(27-48(46)61(50)29-30)36(7)59(9)40-19-21-60(33(4)23-40)20-18-37-24-43(51)49(44(52)25-37)41-16-14-31(2)55-35(41)6/h15,17,22,24-28,30,33,40-41,55H,2,5-7,10-14,16,18-21,23,29,53H2,1,3-4,8-9H3,(H,57,58)/t30-,33?,40?,41+/m1/s1. The first kappa shape index (κ1) is 43.5. The van der Waals surface area contributed by atoms with Crippen LogP contribution in [0.1, 0.15) is 105 Å². The van der Waals surface area contributed by atoms with Crippen molar-refractivity contribution in [2.24, 2.45) is 16.6 Å². The molecule has 4 atom stereocenters. The lowest BCUT2D eigenvalue weighted by molar-refractivity contribution is 0.110. The maximum absolute atomic E-state index is 15.4. The lowest BCUT2D eigenvalue weighted by Gasteiger charge is -2.42. The Kier molecular flexibility index (Phi) is 13.3. The molecule has 5 heterocycles. The van der Waals surface area contributed by atoms with E-state index in [4.69, 9.17) is 15.7 Å². The van der Waals surface area contributed by atoms with Gasteiger partial charge in [0.25, 0.3) is 0 Å². The highest BCUT2D eigenvalue weighted by Crippen LogP contribution is 2.37. The Balaban J connectivity index is 1.04. The van der Waals surface area contributed by atoms with Crippen LogP contribution in [-0.2, 0) is 13.0 Å². The monoisotopic (exact) mass is 828 g/mol. The SMILES string of the molecule is C=C1CC[C@H](c2c(F)cc(CCN3CCC(N(C)C(=C)c4ccc5nc6n(c5c4)C[C@H](C)CCCCC(=NC)C(=CN)c4cc(cc(C)n4)C(=C)N6)CC3C)cc2F)C(=C)N1. The Bertz CT molecular complexity index is 2380. The van der Waals surface area contributed by atoms with Gasteiger partial charge >= 0.3 is 0 Å². The zero-order valence-electron chi connectivity index (χ0n) is 36.8. The summed E-state index contributed by atoms with van der Waals surface area (Å²) >= 11 is 0. The third kappa shape index (κ3) is 9.52. The average Bonchev–Trinajstić information content (AvgIpc) is 3.55. The van der Waals surface area contributed by atoms with Crippen LogP contribution in [0, 0.1) is 24.5 Å². The van der Waals surface area contributed by atoms with Crippen LogP contribution < -0.4 is 16.4 Å². The first-order chi connectivity index (χ1) is 29.2. The molecular weight excluding hydrogens is 765 g/mol. The number of aliphatic imine (C=N–C) groups is 1. The summed E-state index contributed by atoms with van der Waals surface area (Å²) in [6, 6.07) is 14.1. The van der Waals surface area contributed by atoms with Crippen molar-refractivity contribution in [3.8, 4) is 0 Å². The molecule has 0 aliphatic carbocycles. The highest BCUT2D eigenvalue weighted by atomic mass is 19.1. The number of halogens is 2. The van der Waals surface area contributed by atoms with Crippen molar-refractivity contribution in [3.05, 3.63) is 132 Å². The average molecular weight is 828 g/mol. The van der Waals surface area contributed by atoms with E-state index in [1.807, 2.05) is 26.1 Å². The lowest BCUT2D eigenvalue weighted by Crippen LogP contribution is -2.48. The van der Waals surface area contributed by atoms with Crippen molar-refractivity contribution >= 4 is 39.7 Å². The molecule has 0 amide bonds. The van der Waals surface area contributed by atoms with Gasteiger partial charge in [-0.2, -0.15) is 0 Å². The fraction of sp³-hybridized carbons (Fsp3) is 0.420. The lowest BCUT2D eigenvalue weighted by atomic mass is 9.86. The molecule has 61 heavy (non-hydrogen) atoms. The zero-order valence-corrected chi connectivity index (χ0v) is 36.8. The van der Waals surface area contributed by atoms with Gasteiger partial charge in [0, 0.05) is 109 Å². The van der Waals surface area contributed by atoms with Gasteiger partial charge in [0.15, 0.2) is 0 Å². The molecule has 2 unspecified atom stereocenters. The molecule has 9 nitrogen and oxygen atoms in total. The van der Waals surface area contributed by atoms with Gasteiger partial charge in [-0.3, -0.25) is 9.98 Å². The Labute approximate surface area is 360 Å². The van der Waals surface area contributed by atoms with Crippen molar-refractivity contribution in [2.75, 3.05) is 32.5 Å². The molecule has 7 rings (SSSR count). The second kappa shape index (κ2) is 18.6. The van der Waals surface area contributed by atoms with Crippen LogP contribution in [0.5, 0.6) is 0 Å². The van der Waals surface area contributed by atoms with E-state index >= 15 is 8.78 Å². The number of hydrogen-bond acceptors (Lipinski definition) is 8. The molecule has 0 radical (unpaired) electrons. The summed E-state index contributed by atoms with van der Waals surface area (Å²) in [5, 5.41) is 6.66. The highest BCUT2D eigenvalue weighted by Gasteiger charge is 2.30. The molecule has 0 spiro atoms. The highest BCUT2D eigenvalue weighted by molar-refractivity contribution is 6.23. The van der Waals surface area contributed by atoms with E-state index in [2.05, 4.69) is 95.4 Å². The van der Waals surface area contributed by atoms with E-state index in [1.54, 1.807) is 6.20 Å². The number of pyridine rings is 1. The first-order valence-corrected chi connectivity index (χ1v) is 21.9. The molecule has 2 bridgehead atoms. The van der Waals surface area contributed by atoms with E-state index in [0.717, 1.165) is 126 Å². The topological polar surface area (TPSA) is 99.6 Å². The Morgan fingerprint density at radius 1 is 1.00 bits per heavy atom. The number of likely N-dealkylation sites (tertiary alicyclic amines) is 1. The Morgan fingerprint density at radius 3 is 2.48 bits per heavy atom. The Hall–Kier alpha value is -5.55. The van der Waals surface area contributed by atoms with Gasteiger partial charge in [-0.15, -0.1) is 0 Å². The minimum absolute atomic E-state index is 0.101. The molecule has 4 aromatic rings. The van der Waals surface area contributed by atoms with Crippen LogP contribution in [-0.4, -0.2) is 69.3 Å². The molecule has 3 aliphatic heterocycles. The molecule has 322 valence electrons. The summed E-state index contributed by atoms with van der Waals surface area (Å²) in [7, 11) is 3.97. The van der Waals surface area contributed by atoms with Crippen LogP contribution in [0.25, 0.3) is 28.0 Å². The third-order valence-electron chi connectivity index (χ3n) is 13.2. The number of piperidine rings is 2. The number of imidazole rings is 1.